The molecule has 0 aliphatic carbocycles. The van der Waals surface area contributed by atoms with Crippen molar-refractivity contribution in [1.29, 1.82) is 0 Å². The van der Waals surface area contributed by atoms with Gasteiger partial charge in [0.25, 0.3) is 0 Å². The molecular weight excluding hydrogens is 300 g/mol. The number of nitrogens with two attached hydrogens (primary N) is 1. The molecule has 0 radical (unpaired) electrons. The molecule has 1 aromatic carbocycles. The lowest BCUT2D eigenvalue weighted by Gasteiger charge is -2.44. The smallest absolute Gasteiger partial charge is 0.410 e. The van der Waals surface area contributed by atoms with Crippen LogP contribution >= 0.6 is 0 Å². The zero-order valence-corrected chi connectivity index (χ0v) is 15.9. The summed E-state index contributed by atoms with van der Waals surface area (Å²) >= 11 is 0. The molecular formula is C20H32N2O2. The van der Waals surface area contributed by atoms with Crippen molar-refractivity contribution in [2.75, 3.05) is 6.54 Å². The molecule has 2 rings (SSSR count). The Kier molecular flexibility index (Phi) is 5.59. The molecule has 0 aromatic heterocycles. The van der Waals surface area contributed by atoms with Crippen LogP contribution in [0.5, 0.6) is 0 Å². The lowest BCUT2D eigenvalue weighted by atomic mass is 9.78. The van der Waals surface area contributed by atoms with Gasteiger partial charge in [0.15, 0.2) is 0 Å². The number of aryl methyl sites for hydroxylation is 2. The summed E-state index contributed by atoms with van der Waals surface area (Å²) in [5.41, 5.74) is 9.64. The van der Waals surface area contributed by atoms with Gasteiger partial charge in [-0.15, -0.1) is 0 Å². The van der Waals surface area contributed by atoms with Crippen LogP contribution in [-0.2, 0) is 4.74 Å². The van der Waals surface area contributed by atoms with Crippen molar-refractivity contribution >= 4 is 6.09 Å². The summed E-state index contributed by atoms with van der Waals surface area (Å²) in [4.78, 5) is 14.6. The van der Waals surface area contributed by atoms with Crippen molar-refractivity contribution in [2.45, 2.75) is 78.0 Å². The van der Waals surface area contributed by atoms with Crippen LogP contribution in [0, 0.1) is 13.8 Å². The van der Waals surface area contributed by atoms with Gasteiger partial charge in [0.1, 0.15) is 5.60 Å². The first-order valence-electron chi connectivity index (χ1n) is 8.94. The monoisotopic (exact) mass is 332 g/mol. The van der Waals surface area contributed by atoms with Gasteiger partial charge in [-0.05, 0) is 58.6 Å². The fourth-order valence-corrected chi connectivity index (χ4v) is 3.69. The van der Waals surface area contributed by atoms with Gasteiger partial charge in [-0.3, -0.25) is 0 Å². The van der Waals surface area contributed by atoms with E-state index in [4.69, 9.17) is 10.5 Å². The zero-order valence-electron chi connectivity index (χ0n) is 15.9. The normalized spacial score (nSPS) is 24.8. The highest BCUT2D eigenvalue weighted by Gasteiger charge is 2.39. The molecule has 3 unspecified atom stereocenters. The molecule has 1 aliphatic heterocycles. The van der Waals surface area contributed by atoms with Gasteiger partial charge in [-0.1, -0.05) is 30.7 Å². The Morgan fingerprint density at radius 1 is 1.33 bits per heavy atom. The van der Waals surface area contributed by atoms with Crippen LogP contribution in [0.3, 0.4) is 0 Å². The molecule has 134 valence electrons. The summed E-state index contributed by atoms with van der Waals surface area (Å²) < 4.78 is 5.63. The van der Waals surface area contributed by atoms with Crippen molar-refractivity contribution in [3.63, 3.8) is 0 Å². The number of carbonyl (C=O) groups excluding carboxylic acids is 1. The number of ether oxygens (including phenoxy) is 1. The molecule has 4 nitrogen and oxygen atoms in total. The Morgan fingerprint density at radius 3 is 2.58 bits per heavy atom. The highest BCUT2D eigenvalue weighted by molar-refractivity contribution is 5.69. The molecule has 0 bridgehead atoms. The van der Waals surface area contributed by atoms with Gasteiger partial charge in [0, 0.05) is 24.5 Å². The van der Waals surface area contributed by atoms with E-state index in [1.807, 2.05) is 25.7 Å². The predicted octanol–water partition coefficient (Wildman–Crippen LogP) is 4.13. The van der Waals surface area contributed by atoms with Crippen molar-refractivity contribution in [1.82, 2.24) is 4.90 Å². The summed E-state index contributed by atoms with van der Waals surface area (Å²) in [5, 5.41) is 0. The lowest BCUT2D eigenvalue weighted by molar-refractivity contribution is 0.00335. The third-order valence-electron chi connectivity index (χ3n) is 4.73. The molecule has 1 fully saturated rings. The summed E-state index contributed by atoms with van der Waals surface area (Å²) in [6.07, 6.45) is 1.55. The second kappa shape index (κ2) is 7.14. The average Bonchev–Trinajstić information content (AvgIpc) is 2.47. The molecule has 4 heteroatoms. The second-order valence-electron chi connectivity index (χ2n) is 8.07. The number of amides is 1. The van der Waals surface area contributed by atoms with E-state index in [0.29, 0.717) is 6.54 Å². The largest absolute Gasteiger partial charge is 0.444 e. The maximum atomic E-state index is 12.7. The van der Waals surface area contributed by atoms with Crippen LogP contribution in [0.4, 0.5) is 4.79 Å². The SMILES string of the molecule is CCC1C(c2cc(C)ccc2C)CC(N)CN1C(=O)OC(C)(C)C. The molecule has 2 N–H and O–H groups in total. The van der Waals surface area contributed by atoms with Crippen molar-refractivity contribution in [3.05, 3.63) is 34.9 Å². The standard InChI is InChI=1S/C20H32N2O2/c1-7-18-17(16-10-13(2)8-9-14(16)3)11-15(21)12-22(18)19(23)24-20(4,5)6/h8-10,15,17-18H,7,11-12,21H2,1-6H3. The van der Waals surface area contributed by atoms with Gasteiger partial charge in [0.2, 0.25) is 0 Å². The topological polar surface area (TPSA) is 55.6 Å². The van der Waals surface area contributed by atoms with E-state index in [-0.39, 0.29) is 24.1 Å². The summed E-state index contributed by atoms with van der Waals surface area (Å²) in [5.74, 6) is 0.256. The van der Waals surface area contributed by atoms with E-state index >= 15 is 0 Å². The van der Waals surface area contributed by atoms with Crippen LogP contribution in [-0.4, -0.2) is 35.2 Å². The van der Waals surface area contributed by atoms with Crippen LogP contribution in [0.1, 0.15) is 63.1 Å². The third kappa shape index (κ3) is 4.29. The summed E-state index contributed by atoms with van der Waals surface area (Å²) in [7, 11) is 0. The quantitative estimate of drug-likeness (QED) is 0.886. The van der Waals surface area contributed by atoms with E-state index < -0.39 is 5.60 Å². The molecule has 0 saturated carbocycles. The number of nitrogens with zero attached hydrogens (tertiary/aromatic N) is 1. The van der Waals surface area contributed by atoms with Gasteiger partial charge in [0.05, 0.1) is 0 Å². The highest BCUT2D eigenvalue weighted by Crippen LogP contribution is 2.36. The maximum absolute atomic E-state index is 12.7. The fourth-order valence-electron chi connectivity index (χ4n) is 3.69. The molecule has 24 heavy (non-hydrogen) atoms. The van der Waals surface area contributed by atoms with Crippen molar-refractivity contribution < 1.29 is 9.53 Å². The molecule has 1 heterocycles. The Balaban J connectivity index is 2.34. The van der Waals surface area contributed by atoms with Crippen LogP contribution in [0.15, 0.2) is 18.2 Å². The average molecular weight is 332 g/mol. The number of hydrogen-bond donors (Lipinski definition) is 1. The second-order valence-corrected chi connectivity index (χ2v) is 8.07. The Hall–Kier alpha value is -1.55. The molecule has 0 spiro atoms. The summed E-state index contributed by atoms with van der Waals surface area (Å²) in [6, 6.07) is 6.64. The first-order chi connectivity index (χ1) is 11.1. The minimum Gasteiger partial charge on any atom is -0.444 e. The predicted molar refractivity (Wildman–Crippen MR) is 98.3 cm³/mol. The number of carbonyl (C=O) groups is 1. The van der Waals surface area contributed by atoms with Gasteiger partial charge in [-0.2, -0.15) is 0 Å². The van der Waals surface area contributed by atoms with Crippen molar-refractivity contribution in [3.8, 4) is 0 Å². The number of rotatable bonds is 2. The number of likely N-dealkylation sites (tertiary alicyclic amines) is 1. The number of hydrogen-bond acceptors (Lipinski definition) is 3. The maximum Gasteiger partial charge on any atom is 0.410 e. The molecule has 1 amide bonds. The Labute approximate surface area is 146 Å². The first-order valence-corrected chi connectivity index (χ1v) is 8.94. The molecule has 1 aromatic rings. The van der Waals surface area contributed by atoms with E-state index in [0.717, 1.165) is 12.8 Å². The molecule has 3 atom stereocenters. The minimum absolute atomic E-state index is 0.0229. The number of piperidine rings is 1. The van der Waals surface area contributed by atoms with Crippen molar-refractivity contribution in [2.24, 2.45) is 5.73 Å². The highest BCUT2D eigenvalue weighted by atomic mass is 16.6. The van der Waals surface area contributed by atoms with E-state index in [1.165, 1.54) is 16.7 Å². The first kappa shape index (κ1) is 18.8. The van der Waals surface area contributed by atoms with E-state index in [9.17, 15) is 4.79 Å². The minimum atomic E-state index is -0.494. The Morgan fingerprint density at radius 2 is 2.00 bits per heavy atom. The van der Waals surface area contributed by atoms with E-state index in [1.54, 1.807) is 0 Å². The summed E-state index contributed by atoms with van der Waals surface area (Å²) in [6.45, 7) is 12.7. The Bertz CT molecular complexity index is 592. The third-order valence-corrected chi connectivity index (χ3v) is 4.73. The van der Waals surface area contributed by atoms with E-state index in [2.05, 4.69) is 39.0 Å². The van der Waals surface area contributed by atoms with Gasteiger partial charge >= 0.3 is 6.09 Å². The van der Waals surface area contributed by atoms with Crippen LogP contribution < -0.4 is 5.73 Å². The molecule has 1 saturated heterocycles. The van der Waals surface area contributed by atoms with Crippen LogP contribution in [0.25, 0.3) is 0 Å². The van der Waals surface area contributed by atoms with Crippen LogP contribution in [0.2, 0.25) is 0 Å². The lowest BCUT2D eigenvalue weighted by Crippen LogP contribution is -2.55. The molecule has 1 aliphatic rings. The fraction of sp³-hybridized carbons (Fsp3) is 0.650. The van der Waals surface area contributed by atoms with Gasteiger partial charge < -0.3 is 15.4 Å². The number of benzene rings is 1. The van der Waals surface area contributed by atoms with Gasteiger partial charge in [-0.25, -0.2) is 4.79 Å². The zero-order chi connectivity index (χ0) is 18.1.